The molecule has 0 aliphatic heterocycles. The minimum Gasteiger partial charge on any atom is -0.465 e. The van der Waals surface area contributed by atoms with E-state index in [1.54, 1.807) is 6.07 Å². The number of rotatable bonds is 2. The van der Waals surface area contributed by atoms with E-state index in [1.165, 1.54) is 7.11 Å². The Morgan fingerprint density at radius 2 is 2.20 bits per heavy atom. The summed E-state index contributed by atoms with van der Waals surface area (Å²) in [4.78, 5) is 11.5. The fourth-order valence-corrected chi connectivity index (χ4v) is 1.79. The second kappa shape index (κ2) is 3.77. The number of hydrogen-bond acceptors (Lipinski definition) is 2. The van der Waals surface area contributed by atoms with Gasteiger partial charge in [-0.2, -0.15) is 0 Å². The number of ether oxygens (including phenoxy) is 1. The van der Waals surface area contributed by atoms with Crippen molar-refractivity contribution < 1.29 is 9.53 Å². The normalized spacial score (nSPS) is 10.5. The molecule has 0 aliphatic rings. The lowest BCUT2D eigenvalue weighted by Crippen LogP contribution is -2.01. The summed E-state index contributed by atoms with van der Waals surface area (Å²) in [5.41, 5.74) is 1.70. The average Bonchev–Trinajstić information content (AvgIpc) is 2.70. The van der Waals surface area contributed by atoms with Crippen LogP contribution in [0.4, 0.5) is 0 Å². The first-order valence-corrected chi connectivity index (χ1v) is 4.94. The number of benzene rings is 1. The SMILES string of the molecule is CCn1ccc2c(C(=O)OC)cccc21. The summed E-state index contributed by atoms with van der Waals surface area (Å²) in [5, 5.41) is 0.950. The minimum absolute atomic E-state index is 0.283. The predicted octanol–water partition coefficient (Wildman–Crippen LogP) is 2.45. The molecule has 0 saturated heterocycles. The smallest absolute Gasteiger partial charge is 0.338 e. The van der Waals surface area contributed by atoms with Gasteiger partial charge in [0.05, 0.1) is 12.7 Å². The van der Waals surface area contributed by atoms with Crippen LogP contribution in [-0.2, 0) is 11.3 Å². The first-order chi connectivity index (χ1) is 7.27. The summed E-state index contributed by atoms with van der Waals surface area (Å²) in [6.07, 6.45) is 1.98. The summed E-state index contributed by atoms with van der Waals surface area (Å²) in [6, 6.07) is 7.62. The average molecular weight is 203 g/mol. The monoisotopic (exact) mass is 203 g/mol. The zero-order valence-electron chi connectivity index (χ0n) is 8.86. The number of hydrogen-bond donors (Lipinski definition) is 0. The van der Waals surface area contributed by atoms with Crippen LogP contribution >= 0.6 is 0 Å². The highest BCUT2D eigenvalue weighted by molar-refractivity contribution is 6.03. The quantitative estimate of drug-likeness (QED) is 0.702. The molecule has 78 valence electrons. The summed E-state index contributed by atoms with van der Waals surface area (Å²) in [6.45, 7) is 2.97. The molecule has 3 heteroatoms. The summed E-state index contributed by atoms with van der Waals surface area (Å²) >= 11 is 0. The van der Waals surface area contributed by atoms with Gasteiger partial charge in [0.1, 0.15) is 0 Å². The van der Waals surface area contributed by atoms with Crippen molar-refractivity contribution in [3.63, 3.8) is 0 Å². The molecule has 0 N–H and O–H groups in total. The van der Waals surface area contributed by atoms with Crippen molar-refractivity contribution >= 4 is 16.9 Å². The topological polar surface area (TPSA) is 31.2 Å². The highest BCUT2D eigenvalue weighted by atomic mass is 16.5. The number of fused-ring (bicyclic) bond motifs is 1. The van der Waals surface area contributed by atoms with Crippen LogP contribution in [0, 0.1) is 0 Å². The summed E-state index contributed by atoms with van der Waals surface area (Å²) in [5.74, 6) is -0.283. The van der Waals surface area contributed by atoms with Crippen molar-refractivity contribution in [2.24, 2.45) is 0 Å². The van der Waals surface area contributed by atoms with Crippen molar-refractivity contribution in [3.05, 3.63) is 36.0 Å². The molecule has 1 aromatic heterocycles. The molecule has 0 bridgehead atoms. The Kier molecular flexibility index (Phi) is 2.46. The van der Waals surface area contributed by atoms with Crippen molar-refractivity contribution in [3.8, 4) is 0 Å². The van der Waals surface area contributed by atoms with Gasteiger partial charge >= 0.3 is 5.97 Å². The maximum Gasteiger partial charge on any atom is 0.338 e. The van der Waals surface area contributed by atoms with E-state index in [2.05, 4.69) is 11.5 Å². The molecule has 1 aromatic carbocycles. The molecule has 0 saturated carbocycles. The number of aromatic nitrogens is 1. The third kappa shape index (κ3) is 1.50. The fraction of sp³-hybridized carbons (Fsp3) is 0.250. The van der Waals surface area contributed by atoms with E-state index < -0.39 is 0 Å². The number of carbonyl (C=O) groups excluding carboxylic acids is 1. The summed E-state index contributed by atoms with van der Waals surface area (Å²) < 4.78 is 6.84. The number of aryl methyl sites for hydroxylation is 1. The number of nitrogens with zero attached hydrogens (tertiary/aromatic N) is 1. The van der Waals surface area contributed by atoms with Crippen molar-refractivity contribution in [2.45, 2.75) is 13.5 Å². The van der Waals surface area contributed by atoms with Gasteiger partial charge in [-0.3, -0.25) is 0 Å². The van der Waals surface area contributed by atoms with E-state index in [0.29, 0.717) is 5.56 Å². The van der Waals surface area contributed by atoms with E-state index in [4.69, 9.17) is 4.74 Å². The third-order valence-corrected chi connectivity index (χ3v) is 2.56. The molecule has 0 unspecified atom stereocenters. The number of esters is 1. The van der Waals surface area contributed by atoms with Crippen LogP contribution in [0.1, 0.15) is 17.3 Å². The van der Waals surface area contributed by atoms with Crippen molar-refractivity contribution in [1.29, 1.82) is 0 Å². The molecule has 0 amide bonds. The van der Waals surface area contributed by atoms with Crippen LogP contribution in [0.3, 0.4) is 0 Å². The molecule has 0 spiro atoms. The van der Waals surface area contributed by atoms with Gasteiger partial charge in [0.2, 0.25) is 0 Å². The Labute approximate surface area is 88.3 Å². The fourth-order valence-electron chi connectivity index (χ4n) is 1.79. The van der Waals surface area contributed by atoms with Gasteiger partial charge in [0, 0.05) is 23.6 Å². The second-order valence-electron chi connectivity index (χ2n) is 3.33. The van der Waals surface area contributed by atoms with Gasteiger partial charge < -0.3 is 9.30 Å². The minimum atomic E-state index is -0.283. The highest BCUT2D eigenvalue weighted by Gasteiger charge is 2.11. The Morgan fingerprint density at radius 1 is 1.40 bits per heavy atom. The Hall–Kier alpha value is -1.77. The van der Waals surface area contributed by atoms with Crippen LogP contribution in [0.2, 0.25) is 0 Å². The third-order valence-electron chi connectivity index (χ3n) is 2.56. The molecule has 3 nitrogen and oxygen atoms in total. The van der Waals surface area contributed by atoms with Gasteiger partial charge in [-0.25, -0.2) is 4.79 Å². The zero-order chi connectivity index (χ0) is 10.8. The molecule has 0 aliphatic carbocycles. The summed E-state index contributed by atoms with van der Waals surface area (Å²) in [7, 11) is 1.40. The zero-order valence-corrected chi connectivity index (χ0v) is 8.86. The lowest BCUT2D eigenvalue weighted by atomic mass is 10.1. The van der Waals surface area contributed by atoms with Crippen LogP contribution < -0.4 is 0 Å². The first-order valence-electron chi connectivity index (χ1n) is 4.94. The van der Waals surface area contributed by atoms with Gasteiger partial charge in [-0.05, 0) is 25.1 Å². The molecule has 0 atom stereocenters. The number of methoxy groups -OCH3 is 1. The molecule has 2 aromatic rings. The van der Waals surface area contributed by atoms with E-state index in [0.717, 1.165) is 17.4 Å². The van der Waals surface area contributed by atoms with Crippen molar-refractivity contribution in [1.82, 2.24) is 4.57 Å². The molecule has 0 fully saturated rings. The van der Waals surface area contributed by atoms with E-state index in [1.807, 2.05) is 24.4 Å². The molecule has 2 rings (SSSR count). The van der Waals surface area contributed by atoms with Gasteiger partial charge in [0.25, 0.3) is 0 Å². The highest BCUT2D eigenvalue weighted by Crippen LogP contribution is 2.20. The van der Waals surface area contributed by atoms with Crippen LogP contribution in [0.15, 0.2) is 30.5 Å². The second-order valence-corrected chi connectivity index (χ2v) is 3.33. The lowest BCUT2D eigenvalue weighted by molar-refractivity contribution is 0.0603. The van der Waals surface area contributed by atoms with E-state index in [-0.39, 0.29) is 5.97 Å². The van der Waals surface area contributed by atoms with Crippen LogP contribution in [0.5, 0.6) is 0 Å². The maximum atomic E-state index is 11.5. The van der Waals surface area contributed by atoms with Crippen LogP contribution in [-0.4, -0.2) is 17.6 Å². The van der Waals surface area contributed by atoms with E-state index in [9.17, 15) is 4.79 Å². The lowest BCUT2D eigenvalue weighted by Gasteiger charge is -2.03. The molecule has 1 heterocycles. The molecule has 15 heavy (non-hydrogen) atoms. The maximum absolute atomic E-state index is 11.5. The van der Waals surface area contributed by atoms with Crippen LogP contribution in [0.25, 0.3) is 10.9 Å². The first kappa shape index (κ1) is 9.77. The Bertz CT molecular complexity index is 499. The van der Waals surface area contributed by atoms with Gasteiger partial charge in [0.15, 0.2) is 0 Å². The van der Waals surface area contributed by atoms with Gasteiger partial charge in [-0.15, -0.1) is 0 Å². The predicted molar refractivity (Wildman–Crippen MR) is 59.0 cm³/mol. The standard InChI is InChI=1S/C12H13NO2/c1-3-13-8-7-9-10(12(14)15-2)5-4-6-11(9)13/h4-8H,3H2,1-2H3. The Balaban J connectivity index is 2.67. The van der Waals surface area contributed by atoms with E-state index >= 15 is 0 Å². The van der Waals surface area contributed by atoms with Crippen molar-refractivity contribution in [2.75, 3.05) is 7.11 Å². The molecular formula is C12H13NO2. The molecular weight excluding hydrogens is 190 g/mol. The Morgan fingerprint density at radius 3 is 2.87 bits per heavy atom. The largest absolute Gasteiger partial charge is 0.465 e. The van der Waals surface area contributed by atoms with Gasteiger partial charge in [-0.1, -0.05) is 6.07 Å². The molecule has 0 radical (unpaired) electrons. The number of carbonyl (C=O) groups is 1.